The van der Waals surface area contributed by atoms with E-state index in [9.17, 15) is 4.79 Å². The minimum absolute atomic E-state index is 0.131. The van der Waals surface area contributed by atoms with Crippen molar-refractivity contribution < 1.29 is 4.74 Å². The molecule has 0 fully saturated rings. The second-order valence-electron chi connectivity index (χ2n) is 7.14. The number of thiophene rings is 1. The van der Waals surface area contributed by atoms with Gasteiger partial charge < -0.3 is 4.74 Å². The number of benzene rings is 1. The Morgan fingerprint density at radius 3 is 2.96 bits per heavy atom. The molecule has 1 atom stereocenters. The molecule has 1 aromatic carbocycles. The smallest absolute Gasteiger partial charge is 0.262 e. The number of unbranched alkanes of at least 4 members (excludes halogenated alkanes) is 1. The Balaban J connectivity index is 1.41. The standard InChI is InChI=1S/C21H24N2O2S/c1-15-9-10-17-18(13-15)26-20-19(17)21(24)23(14-22-20)11-5-6-12-25-16-7-3-2-4-8-16/h2-4,7-8,14-15H,5-6,9-13H2,1H3/t15-/m1/s1. The molecular weight excluding hydrogens is 344 g/mol. The molecule has 1 aliphatic rings. The van der Waals surface area contributed by atoms with Crippen molar-refractivity contribution in [1.29, 1.82) is 0 Å². The number of para-hydroxylation sites is 1. The lowest BCUT2D eigenvalue weighted by atomic mass is 9.89. The number of ether oxygens (including phenoxy) is 1. The van der Waals surface area contributed by atoms with Gasteiger partial charge in [-0.05, 0) is 55.7 Å². The van der Waals surface area contributed by atoms with Gasteiger partial charge in [-0.3, -0.25) is 9.36 Å². The van der Waals surface area contributed by atoms with Gasteiger partial charge in [0.1, 0.15) is 10.6 Å². The molecule has 3 aromatic rings. The number of hydrogen-bond donors (Lipinski definition) is 0. The summed E-state index contributed by atoms with van der Waals surface area (Å²) in [7, 11) is 0. The highest BCUT2D eigenvalue weighted by molar-refractivity contribution is 7.18. The number of rotatable bonds is 6. The molecule has 0 bridgehead atoms. The summed E-state index contributed by atoms with van der Waals surface area (Å²) in [4.78, 5) is 19.8. The highest BCUT2D eigenvalue weighted by Gasteiger charge is 2.23. The highest BCUT2D eigenvalue weighted by atomic mass is 32.1. The first kappa shape index (κ1) is 17.3. The zero-order valence-corrected chi connectivity index (χ0v) is 15.9. The molecule has 0 N–H and O–H groups in total. The van der Waals surface area contributed by atoms with Crippen molar-refractivity contribution in [3.8, 4) is 5.75 Å². The number of hydrogen-bond acceptors (Lipinski definition) is 4. The summed E-state index contributed by atoms with van der Waals surface area (Å²) < 4.78 is 7.49. The highest BCUT2D eigenvalue weighted by Crippen LogP contribution is 2.35. The third kappa shape index (κ3) is 3.54. The van der Waals surface area contributed by atoms with Crippen LogP contribution in [0.25, 0.3) is 10.2 Å². The summed E-state index contributed by atoms with van der Waals surface area (Å²) in [6.45, 7) is 3.65. The van der Waals surface area contributed by atoms with Crippen LogP contribution in [-0.4, -0.2) is 16.2 Å². The summed E-state index contributed by atoms with van der Waals surface area (Å²) >= 11 is 1.71. The normalized spacial score (nSPS) is 16.6. The van der Waals surface area contributed by atoms with Crippen LogP contribution in [0.15, 0.2) is 41.5 Å². The fourth-order valence-electron chi connectivity index (χ4n) is 3.62. The molecule has 26 heavy (non-hydrogen) atoms. The van der Waals surface area contributed by atoms with E-state index in [0.717, 1.165) is 41.6 Å². The minimum atomic E-state index is 0.131. The Hall–Kier alpha value is -2.14. The molecule has 5 heteroatoms. The van der Waals surface area contributed by atoms with E-state index in [2.05, 4.69) is 11.9 Å². The van der Waals surface area contributed by atoms with Gasteiger partial charge in [0, 0.05) is 11.4 Å². The molecule has 4 nitrogen and oxygen atoms in total. The molecular formula is C21H24N2O2S. The molecule has 0 radical (unpaired) electrons. The van der Waals surface area contributed by atoms with Crippen LogP contribution in [0.5, 0.6) is 5.75 Å². The zero-order valence-electron chi connectivity index (χ0n) is 15.1. The maximum Gasteiger partial charge on any atom is 0.262 e. The molecule has 0 aliphatic heterocycles. The quantitative estimate of drug-likeness (QED) is 0.604. The largest absolute Gasteiger partial charge is 0.494 e. The first-order chi connectivity index (χ1) is 12.7. The van der Waals surface area contributed by atoms with Gasteiger partial charge >= 0.3 is 0 Å². The van der Waals surface area contributed by atoms with Gasteiger partial charge in [0.2, 0.25) is 0 Å². The molecule has 2 aromatic heterocycles. The van der Waals surface area contributed by atoms with E-state index in [0.29, 0.717) is 19.1 Å². The van der Waals surface area contributed by atoms with Gasteiger partial charge in [-0.15, -0.1) is 11.3 Å². The summed E-state index contributed by atoms with van der Waals surface area (Å²) in [6, 6.07) is 9.84. The van der Waals surface area contributed by atoms with Crippen LogP contribution in [0.2, 0.25) is 0 Å². The van der Waals surface area contributed by atoms with Crippen molar-refractivity contribution in [1.82, 2.24) is 9.55 Å². The maximum atomic E-state index is 12.9. The van der Waals surface area contributed by atoms with Crippen LogP contribution in [0.3, 0.4) is 0 Å². The number of aromatic nitrogens is 2. The van der Waals surface area contributed by atoms with Crippen LogP contribution in [0.1, 0.15) is 36.6 Å². The van der Waals surface area contributed by atoms with E-state index >= 15 is 0 Å². The SMILES string of the molecule is C[C@@H]1CCc2c(sc3ncn(CCCCOc4ccccc4)c(=O)c23)C1. The van der Waals surface area contributed by atoms with Crippen LogP contribution in [0.4, 0.5) is 0 Å². The van der Waals surface area contributed by atoms with Crippen molar-refractivity contribution in [2.45, 2.75) is 45.6 Å². The van der Waals surface area contributed by atoms with E-state index in [1.807, 2.05) is 30.3 Å². The van der Waals surface area contributed by atoms with E-state index in [1.54, 1.807) is 22.2 Å². The van der Waals surface area contributed by atoms with Gasteiger partial charge in [0.05, 0.1) is 18.3 Å². The predicted molar refractivity (Wildman–Crippen MR) is 106 cm³/mol. The van der Waals surface area contributed by atoms with Crippen LogP contribution in [0, 0.1) is 5.92 Å². The van der Waals surface area contributed by atoms with E-state index < -0.39 is 0 Å². The van der Waals surface area contributed by atoms with E-state index in [-0.39, 0.29) is 5.56 Å². The summed E-state index contributed by atoms with van der Waals surface area (Å²) in [5.74, 6) is 1.61. The second kappa shape index (κ2) is 7.62. The van der Waals surface area contributed by atoms with Crippen LogP contribution < -0.4 is 10.3 Å². The Morgan fingerprint density at radius 1 is 1.27 bits per heavy atom. The monoisotopic (exact) mass is 368 g/mol. The molecule has 0 unspecified atom stereocenters. The molecule has 4 rings (SSSR count). The fraction of sp³-hybridized carbons (Fsp3) is 0.429. The average Bonchev–Trinajstić information content (AvgIpc) is 3.02. The zero-order chi connectivity index (χ0) is 17.9. The molecule has 0 saturated carbocycles. The Morgan fingerprint density at radius 2 is 2.12 bits per heavy atom. The Kier molecular flexibility index (Phi) is 5.07. The van der Waals surface area contributed by atoms with Crippen molar-refractivity contribution in [2.24, 2.45) is 5.92 Å². The van der Waals surface area contributed by atoms with Gasteiger partial charge in [-0.25, -0.2) is 4.98 Å². The molecule has 0 amide bonds. The minimum Gasteiger partial charge on any atom is -0.494 e. The fourth-order valence-corrected chi connectivity index (χ4v) is 4.96. The topological polar surface area (TPSA) is 44.1 Å². The van der Waals surface area contributed by atoms with E-state index in [4.69, 9.17) is 4.74 Å². The first-order valence-electron chi connectivity index (χ1n) is 9.40. The lowest BCUT2D eigenvalue weighted by Gasteiger charge is -2.17. The van der Waals surface area contributed by atoms with Crippen molar-refractivity contribution in [2.75, 3.05) is 6.61 Å². The van der Waals surface area contributed by atoms with Gasteiger partial charge in [0.15, 0.2) is 0 Å². The molecule has 1 aliphatic carbocycles. The molecule has 0 spiro atoms. The first-order valence-corrected chi connectivity index (χ1v) is 10.2. The Labute approximate surface area is 157 Å². The molecule has 2 heterocycles. The average molecular weight is 369 g/mol. The number of fused-ring (bicyclic) bond motifs is 3. The van der Waals surface area contributed by atoms with Gasteiger partial charge in [0.25, 0.3) is 5.56 Å². The third-order valence-corrected chi connectivity index (χ3v) is 6.25. The number of aryl methyl sites for hydroxylation is 2. The van der Waals surface area contributed by atoms with E-state index in [1.165, 1.54) is 16.9 Å². The number of nitrogens with zero attached hydrogens (tertiary/aromatic N) is 2. The van der Waals surface area contributed by atoms with Gasteiger partial charge in [-0.2, -0.15) is 0 Å². The lowest BCUT2D eigenvalue weighted by Crippen LogP contribution is -2.22. The second-order valence-corrected chi connectivity index (χ2v) is 8.23. The molecule has 0 saturated heterocycles. The Bertz CT molecular complexity index is 946. The predicted octanol–water partition coefficient (Wildman–Crippen LogP) is 4.44. The maximum absolute atomic E-state index is 12.9. The lowest BCUT2D eigenvalue weighted by molar-refractivity contribution is 0.303. The summed E-state index contributed by atoms with van der Waals surface area (Å²) in [5, 5.41) is 0.875. The summed E-state index contributed by atoms with van der Waals surface area (Å²) in [6.07, 6.45) is 6.81. The summed E-state index contributed by atoms with van der Waals surface area (Å²) in [5.41, 5.74) is 1.40. The van der Waals surface area contributed by atoms with Crippen molar-refractivity contribution in [3.63, 3.8) is 0 Å². The van der Waals surface area contributed by atoms with Gasteiger partial charge in [-0.1, -0.05) is 25.1 Å². The van der Waals surface area contributed by atoms with Crippen LogP contribution in [-0.2, 0) is 19.4 Å². The third-order valence-electron chi connectivity index (χ3n) is 5.09. The van der Waals surface area contributed by atoms with Crippen LogP contribution >= 0.6 is 11.3 Å². The molecule has 136 valence electrons. The van der Waals surface area contributed by atoms with Crippen molar-refractivity contribution >= 4 is 21.6 Å². The van der Waals surface area contributed by atoms with Crippen molar-refractivity contribution in [3.05, 3.63) is 57.5 Å².